The third-order valence-electron chi connectivity index (χ3n) is 4.04. The summed E-state index contributed by atoms with van der Waals surface area (Å²) in [6, 6.07) is 7.21. The van der Waals surface area contributed by atoms with Gasteiger partial charge in [0.05, 0.1) is 11.0 Å². The van der Waals surface area contributed by atoms with Gasteiger partial charge in [0.2, 0.25) is 0 Å². The summed E-state index contributed by atoms with van der Waals surface area (Å²) in [5.41, 5.74) is 9.29. The van der Waals surface area contributed by atoms with Crippen molar-refractivity contribution in [2.45, 2.75) is 57.5 Å². The van der Waals surface area contributed by atoms with Crippen molar-refractivity contribution < 1.29 is 0 Å². The molecule has 1 aliphatic carbocycles. The summed E-state index contributed by atoms with van der Waals surface area (Å²) in [5, 5.41) is 3.58. The number of H-pyrrole nitrogens is 1. The third-order valence-corrected chi connectivity index (χ3v) is 4.04. The van der Waals surface area contributed by atoms with Gasteiger partial charge < -0.3 is 16.0 Å². The molecule has 108 valence electrons. The first-order valence-electron chi connectivity index (χ1n) is 7.44. The largest absolute Gasteiger partial charge is 0.382 e. The van der Waals surface area contributed by atoms with Crippen LogP contribution in [0.3, 0.4) is 0 Å². The Morgan fingerprint density at radius 1 is 1.30 bits per heavy atom. The fraction of sp³-hybridized carbons (Fsp3) is 0.562. The minimum absolute atomic E-state index is 0.0465. The molecule has 4 heteroatoms. The SMILES string of the molecule is CC(C)(C)c1nc2ccc(NC3CCC(N)C3)cc2[nH]1. The van der Waals surface area contributed by atoms with Crippen LogP contribution in [0.15, 0.2) is 18.2 Å². The Morgan fingerprint density at radius 3 is 2.75 bits per heavy atom. The summed E-state index contributed by atoms with van der Waals surface area (Å²) >= 11 is 0. The van der Waals surface area contributed by atoms with Crippen molar-refractivity contribution in [2.75, 3.05) is 5.32 Å². The molecule has 1 fully saturated rings. The van der Waals surface area contributed by atoms with Crippen LogP contribution in [0.5, 0.6) is 0 Å². The average Bonchev–Trinajstić information content (AvgIpc) is 2.94. The molecule has 4 nitrogen and oxygen atoms in total. The van der Waals surface area contributed by atoms with E-state index in [-0.39, 0.29) is 5.41 Å². The molecule has 2 unspecified atom stereocenters. The van der Waals surface area contributed by atoms with E-state index in [9.17, 15) is 0 Å². The minimum atomic E-state index is 0.0465. The second-order valence-electron chi connectivity index (χ2n) is 6.98. The number of anilines is 1. The van der Waals surface area contributed by atoms with Crippen LogP contribution in [0.4, 0.5) is 5.69 Å². The Morgan fingerprint density at radius 2 is 2.10 bits per heavy atom. The molecule has 2 aromatic rings. The quantitative estimate of drug-likeness (QED) is 0.786. The highest BCUT2D eigenvalue weighted by Crippen LogP contribution is 2.26. The van der Waals surface area contributed by atoms with E-state index in [0.717, 1.165) is 41.8 Å². The Bertz CT molecular complexity index is 608. The van der Waals surface area contributed by atoms with Crippen molar-refractivity contribution in [1.82, 2.24) is 9.97 Å². The Hall–Kier alpha value is -1.55. The van der Waals surface area contributed by atoms with E-state index in [2.05, 4.69) is 54.3 Å². The number of benzene rings is 1. The number of nitrogens with one attached hydrogen (secondary N) is 2. The minimum Gasteiger partial charge on any atom is -0.382 e. The lowest BCUT2D eigenvalue weighted by Crippen LogP contribution is -2.20. The van der Waals surface area contributed by atoms with E-state index in [4.69, 9.17) is 5.73 Å². The molecule has 0 aliphatic heterocycles. The molecular formula is C16H24N4. The van der Waals surface area contributed by atoms with Gasteiger partial charge in [0.1, 0.15) is 5.82 Å². The van der Waals surface area contributed by atoms with E-state index >= 15 is 0 Å². The van der Waals surface area contributed by atoms with Gasteiger partial charge >= 0.3 is 0 Å². The van der Waals surface area contributed by atoms with Gasteiger partial charge in [-0.05, 0) is 37.5 Å². The molecule has 1 heterocycles. The predicted octanol–water partition coefficient (Wildman–Crippen LogP) is 3.15. The highest BCUT2D eigenvalue weighted by molar-refractivity contribution is 5.79. The molecule has 0 bridgehead atoms. The van der Waals surface area contributed by atoms with Crippen molar-refractivity contribution in [1.29, 1.82) is 0 Å². The summed E-state index contributed by atoms with van der Waals surface area (Å²) in [7, 11) is 0. The number of aromatic amines is 1. The maximum absolute atomic E-state index is 5.96. The molecule has 0 amide bonds. The van der Waals surface area contributed by atoms with Crippen LogP contribution in [-0.4, -0.2) is 22.1 Å². The lowest BCUT2D eigenvalue weighted by Gasteiger charge is -2.14. The summed E-state index contributed by atoms with van der Waals surface area (Å²) in [6.07, 6.45) is 3.35. The van der Waals surface area contributed by atoms with Gasteiger partial charge in [0, 0.05) is 23.2 Å². The van der Waals surface area contributed by atoms with Gasteiger partial charge in [0.15, 0.2) is 0 Å². The van der Waals surface area contributed by atoms with Crippen LogP contribution < -0.4 is 11.1 Å². The van der Waals surface area contributed by atoms with E-state index in [1.807, 2.05) is 0 Å². The van der Waals surface area contributed by atoms with Gasteiger partial charge in [-0.3, -0.25) is 0 Å². The predicted molar refractivity (Wildman–Crippen MR) is 84.0 cm³/mol. The van der Waals surface area contributed by atoms with Crippen molar-refractivity contribution in [2.24, 2.45) is 5.73 Å². The van der Waals surface area contributed by atoms with Crippen molar-refractivity contribution in [3.05, 3.63) is 24.0 Å². The van der Waals surface area contributed by atoms with E-state index in [0.29, 0.717) is 12.1 Å². The fourth-order valence-electron chi connectivity index (χ4n) is 2.84. The molecule has 0 spiro atoms. The number of rotatable bonds is 2. The molecule has 0 saturated heterocycles. The Labute approximate surface area is 120 Å². The number of hydrogen-bond acceptors (Lipinski definition) is 3. The molecule has 1 aromatic carbocycles. The second-order valence-corrected chi connectivity index (χ2v) is 6.98. The first-order valence-corrected chi connectivity index (χ1v) is 7.44. The first-order chi connectivity index (χ1) is 9.41. The zero-order chi connectivity index (χ0) is 14.3. The maximum atomic E-state index is 5.96. The lowest BCUT2D eigenvalue weighted by atomic mass is 9.96. The number of imidazole rings is 1. The summed E-state index contributed by atoms with van der Waals surface area (Å²) in [6.45, 7) is 6.51. The van der Waals surface area contributed by atoms with Crippen LogP contribution in [0, 0.1) is 0 Å². The average molecular weight is 272 g/mol. The number of hydrogen-bond donors (Lipinski definition) is 3. The molecule has 3 rings (SSSR count). The molecule has 1 aliphatic rings. The van der Waals surface area contributed by atoms with Crippen LogP contribution in [0.1, 0.15) is 45.9 Å². The van der Waals surface area contributed by atoms with Crippen LogP contribution in [0.2, 0.25) is 0 Å². The van der Waals surface area contributed by atoms with Crippen LogP contribution >= 0.6 is 0 Å². The normalized spacial score (nSPS) is 23.4. The molecule has 4 N–H and O–H groups in total. The van der Waals surface area contributed by atoms with Crippen LogP contribution in [-0.2, 0) is 5.41 Å². The van der Waals surface area contributed by atoms with Gasteiger partial charge in [-0.1, -0.05) is 20.8 Å². The summed E-state index contributed by atoms with van der Waals surface area (Å²) < 4.78 is 0. The highest BCUT2D eigenvalue weighted by Gasteiger charge is 2.22. The zero-order valence-corrected chi connectivity index (χ0v) is 12.5. The maximum Gasteiger partial charge on any atom is 0.112 e. The Balaban J connectivity index is 1.83. The smallest absolute Gasteiger partial charge is 0.112 e. The number of aromatic nitrogens is 2. The van der Waals surface area contributed by atoms with Crippen molar-refractivity contribution >= 4 is 16.7 Å². The third kappa shape index (κ3) is 2.66. The zero-order valence-electron chi connectivity index (χ0n) is 12.5. The van der Waals surface area contributed by atoms with Crippen molar-refractivity contribution in [3.8, 4) is 0 Å². The first kappa shape index (κ1) is 13.4. The van der Waals surface area contributed by atoms with Gasteiger partial charge in [-0.2, -0.15) is 0 Å². The molecule has 0 radical (unpaired) electrons. The number of fused-ring (bicyclic) bond motifs is 1. The van der Waals surface area contributed by atoms with Gasteiger partial charge in [-0.25, -0.2) is 4.98 Å². The van der Waals surface area contributed by atoms with Crippen LogP contribution in [0.25, 0.3) is 11.0 Å². The van der Waals surface area contributed by atoms with E-state index < -0.39 is 0 Å². The molecular weight excluding hydrogens is 248 g/mol. The summed E-state index contributed by atoms with van der Waals surface area (Å²) in [4.78, 5) is 8.10. The topological polar surface area (TPSA) is 66.7 Å². The molecule has 1 saturated carbocycles. The standard InChI is InChI=1S/C16H24N4/c1-16(2,3)15-19-13-7-6-12(9-14(13)20-15)18-11-5-4-10(17)8-11/h6-7,9-11,18H,4-5,8,17H2,1-3H3,(H,19,20). The second kappa shape index (κ2) is 4.77. The van der Waals surface area contributed by atoms with Crippen molar-refractivity contribution in [3.63, 3.8) is 0 Å². The van der Waals surface area contributed by atoms with E-state index in [1.54, 1.807) is 0 Å². The fourth-order valence-corrected chi connectivity index (χ4v) is 2.84. The number of nitrogens with zero attached hydrogens (tertiary/aromatic N) is 1. The Kier molecular flexibility index (Phi) is 3.21. The van der Waals surface area contributed by atoms with E-state index in [1.165, 1.54) is 0 Å². The highest BCUT2D eigenvalue weighted by atomic mass is 15.0. The number of nitrogens with two attached hydrogens (primary N) is 1. The monoisotopic (exact) mass is 272 g/mol. The molecule has 2 atom stereocenters. The molecule has 20 heavy (non-hydrogen) atoms. The van der Waals surface area contributed by atoms with Gasteiger partial charge in [-0.15, -0.1) is 0 Å². The van der Waals surface area contributed by atoms with Gasteiger partial charge in [0.25, 0.3) is 0 Å². The summed E-state index contributed by atoms with van der Waals surface area (Å²) in [5.74, 6) is 1.03. The molecule has 1 aromatic heterocycles. The lowest BCUT2D eigenvalue weighted by molar-refractivity contribution is 0.554.